The van der Waals surface area contributed by atoms with Crippen molar-refractivity contribution >= 4 is 15.9 Å². The zero-order valence-electron chi connectivity index (χ0n) is 20.9. The normalized spacial score (nSPS) is 14.7. The molecule has 0 amide bonds. The van der Waals surface area contributed by atoms with Gasteiger partial charge in [-0.2, -0.15) is 4.31 Å². The number of sulfonamides is 1. The summed E-state index contributed by atoms with van der Waals surface area (Å²) >= 11 is 0. The summed E-state index contributed by atoms with van der Waals surface area (Å²) in [6.07, 6.45) is 0. The Morgan fingerprint density at radius 3 is 2.34 bits per heavy atom. The third kappa shape index (κ3) is 5.92. The smallest absolute Gasteiger partial charge is 0.243 e. The Balaban J connectivity index is 1.78. The van der Waals surface area contributed by atoms with Crippen molar-refractivity contribution < 1.29 is 17.7 Å². The van der Waals surface area contributed by atoms with E-state index in [1.54, 1.807) is 12.1 Å². The highest BCUT2D eigenvalue weighted by atomic mass is 32.2. The first-order valence-electron chi connectivity index (χ1n) is 11.9. The van der Waals surface area contributed by atoms with Crippen LogP contribution in [0.1, 0.15) is 16.7 Å². The first-order chi connectivity index (χ1) is 16.8. The Morgan fingerprint density at radius 2 is 1.69 bits per heavy atom. The summed E-state index contributed by atoms with van der Waals surface area (Å²) in [7, 11) is 0.126. The Labute approximate surface area is 208 Å². The second-order valence-electron chi connectivity index (χ2n) is 9.24. The van der Waals surface area contributed by atoms with Crippen molar-refractivity contribution in [2.24, 2.45) is 0 Å². The lowest BCUT2D eigenvalue weighted by Gasteiger charge is -2.28. The monoisotopic (exact) mass is 498 g/mol. The first-order valence-corrected chi connectivity index (χ1v) is 13.3. The van der Waals surface area contributed by atoms with Crippen LogP contribution in [0.2, 0.25) is 0 Å². The van der Waals surface area contributed by atoms with Crippen molar-refractivity contribution in [2.75, 3.05) is 58.4 Å². The minimum absolute atomic E-state index is 0.156. The van der Waals surface area contributed by atoms with Crippen molar-refractivity contribution in [1.82, 2.24) is 14.4 Å². The number of anilines is 1. The molecule has 0 unspecified atom stereocenters. The molecule has 1 aliphatic heterocycles. The molecule has 0 N–H and O–H groups in total. The molecular weight excluding hydrogens is 464 g/mol. The molecule has 0 bridgehead atoms. The van der Waals surface area contributed by atoms with E-state index >= 15 is 0 Å². The van der Waals surface area contributed by atoms with Crippen LogP contribution in [-0.4, -0.2) is 76.3 Å². The molecule has 0 radical (unpaired) electrons. The molecule has 4 rings (SSSR count). The van der Waals surface area contributed by atoms with Crippen LogP contribution in [0.15, 0.2) is 57.9 Å². The van der Waals surface area contributed by atoms with Crippen molar-refractivity contribution in [3.8, 4) is 11.3 Å². The molecule has 0 atom stereocenters. The van der Waals surface area contributed by atoms with Crippen molar-refractivity contribution in [3.63, 3.8) is 0 Å². The summed E-state index contributed by atoms with van der Waals surface area (Å²) in [6, 6.07) is 15.0. The van der Waals surface area contributed by atoms with Crippen LogP contribution < -0.4 is 4.90 Å². The molecule has 1 aliphatic rings. The lowest BCUT2D eigenvalue weighted by molar-refractivity contribution is 0.120. The zero-order chi connectivity index (χ0) is 25.0. The first kappa shape index (κ1) is 25.4. The predicted molar refractivity (Wildman–Crippen MR) is 137 cm³/mol. The molecule has 35 heavy (non-hydrogen) atoms. The van der Waals surface area contributed by atoms with Gasteiger partial charge in [0.2, 0.25) is 15.9 Å². The molecule has 1 fully saturated rings. The molecule has 3 aromatic rings. The van der Waals surface area contributed by atoms with E-state index in [4.69, 9.17) is 9.26 Å². The fraction of sp³-hybridized carbons (Fsp3) is 0.423. The molecule has 0 aliphatic carbocycles. The maximum absolute atomic E-state index is 13.8. The van der Waals surface area contributed by atoms with Gasteiger partial charge in [-0.1, -0.05) is 46.6 Å². The lowest BCUT2D eigenvalue weighted by Crippen LogP contribution is -2.38. The van der Waals surface area contributed by atoms with Gasteiger partial charge in [-0.25, -0.2) is 8.42 Å². The summed E-state index contributed by atoms with van der Waals surface area (Å²) < 4.78 is 40.5. The maximum Gasteiger partial charge on any atom is 0.243 e. The Bertz CT molecular complexity index is 1230. The largest absolute Gasteiger partial charge is 0.378 e. The number of nitrogens with zero attached hydrogens (tertiary/aromatic N) is 4. The van der Waals surface area contributed by atoms with Gasteiger partial charge in [-0.15, -0.1) is 0 Å². The number of aromatic nitrogens is 1. The fourth-order valence-electron chi connectivity index (χ4n) is 4.11. The topological polar surface area (TPSA) is 79.1 Å². The second kappa shape index (κ2) is 10.9. The van der Waals surface area contributed by atoms with Crippen molar-refractivity contribution in [1.29, 1.82) is 0 Å². The maximum atomic E-state index is 13.8. The SMILES string of the molecule is Cc1ccc(S(=O)(=O)N(CCN(C)C)Cc2c(-c3cccc(C)c3)noc2N2CCOCC2)cc1. The van der Waals surface area contributed by atoms with Crippen LogP contribution >= 0.6 is 0 Å². The molecule has 0 saturated carbocycles. The number of rotatable bonds is 9. The minimum Gasteiger partial charge on any atom is -0.378 e. The van der Waals surface area contributed by atoms with Gasteiger partial charge in [0.1, 0.15) is 5.69 Å². The van der Waals surface area contributed by atoms with Crippen LogP contribution in [-0.2, 0) is 21.3 Å². The van der Waals surface area contributed by atoms with Crippen LogP contribution in [0, 0.1) is 13.8 Å². The van der Waals surface area contributed by atoms with Gasteiger partial charge in [0.05, 0.1) is 23.7 Å². The Hall–Kier alpha value is -2.72. The van der Waals surface area contributed by atoms with E-state index < -0.39 is 10.0 Å². The number of likely N-dealkylation sites (N-methyl/N-ethyl adjacent to an activating group) is 1. The van der Waals surface area contributed by atoms with Crippen LogP contribution in [0.5, 0.6) is 0 Å². The molecule has 2 aromatic carbocycles. The van der Waals surface area contributed by atoms with Gasteiger partial charge in [0, 0.05) is 38.3 Å². The van der Waals surface area contributed by atoms with Gasteiger partial charge < -0.3 is 19.1 Å². The fourth-order valence-corrected chi connectivity index (χ4v) is 5.51. The molecule has 8 nitrogen and oxygen atoms in total. The molecule has 9 heteroatoms. The molecule has 0 spiro atoms. The molecular formula is C26H34N4O4S. The van der Waals surface area contributed by atoms with E-state index in [-0.39, 0.29) is 11.4 Å². The summed E-state index contributed by atoms with van der Waals surface area (Å²) in [5.41, 5.74) is 4.46. The Kier molecular flexibility index (Phi) is 7.91. The van der Waals surface area contributed by atoms with Gasteiger partial charge in [0.25, 0.3) is 0 Å². The third-order valence-corrected chi connectivity index (χ3v) is 8.01. The van der Waals surface area contributed by atoms with E-state index in [1.165, 1.54) is 4.31 Å². The Morgan fingerprint density at radius 1 is 0.971 bits per heavy atom. The average Bonchev–Trinajstić information content (AvgIpc) is 3.26. The molecule has 1 saturated heterocycles. The molecule has 2 heterocycles. The summed E-state index contributed by atoms with van der Waals surface area (Å²) in [4.78, 5) is 4.35. The zero-order valence-corrected chi connectivity index (χ0v) is 21.7. The summed E-state index contributed by atoms with van der Waals surface area (Å²) in [5, 5.41) is 4.43. The number of morpholine rings is 1. The number of aryl methyl sites for hydroxylation is 2. The highest BCUT2D eigenvalue weighted by Crippen LogP contribution is 2.34. The van der Waals surface area contributed by atoms with Gasteiger partial charge in [-0.05, 0) is 46.1 Å². The standard InChI is InChI=1S/C26H34N4O4S/c1-20-8-10-23(11-9-20)35(31,32)30(13-12-28(3)4)19-24-25(22-7-5-6-21(2)18-22)27-34-26(24)29-14-16-33-17-15-29/h5-11,18H,12-17,19H2,1-4H3. The lowest BCUT2D eigenvalue weighted by atomic mass is 10.0. The quantitative estimate of drug-likeness (QED) is 0.446. The van der Waals surface area contributed by atoms with Crippen LogP contribution in [0.3, 0.4) is 0 Å². The number of hydrogen-bond donors (Lipinski definition) is 0. The molecule has 188 valence electrons. The molecule has 1 aromatic heterocycles. The second-order valence-corrected chi connectivity index (χ2v) is 11.2. The van der Waals surface area contributed by atoms with Crippen LogP contribution in [0.25, 0.3) is 11.3 Å². The van der Waals surface area contributed by atoms with E-state index in [1.807, 2.05) is 69.2 Å². The van der Waals surface area contributed by atoms with E-state index in [2.05, 4.69) is 10.1 Å². The summed E-state index contributed by atoms with van der Waals surface area (Å²) in [5.74, 6) is 0.610. The average molecular weight is 499 g/mol. The number of benzene rings is 2. The number of ether oxygens (including phenoxy) is 1. The van der Waals surface area contributed by atoms with Gasteiger partial charge >= 0.3 is 0 Å². The summed E-state index contributed by atoms with van der Waals surface area (Å²) in [6.45, 7) is 7.56. The minimum atomic E-state index is -3.75. The number of hydrogen-bond acceptors (Lipinski definition) is 7. The van der Waals surface area contributed by atoms with E-state index in [9.17, 15) is 8.42 Å². The highest BCUT2D eigenvalue weighted by Gasteiger charge is 2.31. The van der Waals surface area contributed by atoms with Crippen molar-refractivity contribution in [3.05, 3.63) is 65.2 Å². The van der Waals surface area contributed by atoms with Gasteiger partial charge in [-0.3, -0.25) is 0 Å². The van der Waals surface area contributed by atoms with Crippen LogP contribution in [0.4, 0.5) is 5.88 Å². The van der Waals surface area contributed by atoms with Gasteiger partial charge in [0.15, 0.2) is 0 Å². The highest BCUT2D eigenvalue weighted by molar-refractivity contribution is 7.89. The predicted octanol–water partition coefficient (Wildman–Crippen LogP) is 3.55. The van der Waals surface area contributed by atoms with Crippen molar-refractivity contribution in [2.45, 2.75) is 25.3 Å². The van der Waals surface area contributed by atoms with E-state index in [0.717, 1.165) is 22.3 Å². The third-order valence-electron chi connectivity index (χ3n) is 6.15. The van der Waals surface area contributed by atoms with E-state index in [0.29, 0.717) is 51.0 Å².